The zero-order valence-electron chi connectivity index (χ0n) is 16.9. The molecule has 0 spiro atoms. The van der Waals surface area contributed by atoms with Gasteiger partial charge in [-0.1, -0.05) is 35.7 Å². The highest BCUT2D eigenvalue weighted by atomic mass is 16.4. The van der Waals surface area contributed by atoms with E-state index in [-0.39, 0.29) is 12.5 Å². The first-order valence-electron chi connectivity index (χ1n) is 9.61. The number of aromatic nitrogens is 1. The van der Waals surface area contributed by atoms with Crippen LogP contribution in [0.15, 0.2) is 28.7 Å². The summed E-state index contributed by atoms with van der Waals surface area (Å²) in [7, 11) is 0. The van der Waals surface area contributed by atoms with E-state index in [4.69, 9.17) is 10.8 Å². The molecule has 0 radical (unpaired) electrons. The maximum Gasteiger partial charge on any atom is 0.236 e. The first-order valence-corrected chi connectivity index (χ1v) is 9.61. The topological polar surface area (TPSA) is 76.6 Å². The third kappa shape index (κ3) is 5.16. The van der Waals surface area contributed by atoms with Crippen LogP contribution < -0.4 is 4.90 Å². The molecule has 3 rings (SSSR count). The molecule has 2 heterocycles. The fourth-order valence-electron chi connectivity index (χ4n) is 3.40. The van der Waals surface area contributed by atoms with Crippen LogP contribution in [0.1, 0.15) is 22.7 Å². The van der Waals surface area contributed by atoms with Crippen LogP contribution in [0.3, 0.4) is 0 Å². The van der Waals surface area contributed by atoms with E-state index >= 15 is 0 Å². The second kappa shape index (κ2) is 9.27. The van der Waals surface area contributed by atoms with Crippen LogP contribution in [0.25, 0.3) is 0 Å². The number of carbonyl (C=O) groups excluding carboxylic acids is 1. The van der Waals surface area contributed by atoms with Crippen molar-refractivity contribution in [3.8, 4) is 18.4 Å². The van der Waals surface area contributed by atoms with Crippen LogP contribution in [-0.4, -0.2) is 60.0 Å². The number of piperazine rings is 1. The molecule has 2 aromatic rings. The van der Waals surface area contributed by atoms with Crippen molar-refractivity contribution in [3.63, 3.8) is 0 Å². The Morgan fingerprint density at radius 2 is 1.93 bits per heavy atom. The molecule has 0 aliphatic carbocycles. The van der Waals surface area contributed by atoms with E-state index in [1.165, 1.54) is 5.56 Å². The monoisotopic (exact) mass is 391 g/mol. The smallest absolute Gasteiger partial charge is 0.236 e. The van der Waals surface area contributed by atoms with Gasteiger partial charge < -0.3 is 14.2 Å². The molecule has 0 N–H and O–H groups in total. The van der Waals surface area contributed by atoms with Gasteiger partial charge >= 0.3 is 0 Å². The van der Waals surface area contributed by atoms with Crippen molar-refractivity contribution in [2.45, 2.75) is 20.4 Å². The van der Waals surface area contributed by atoms with Crippen LogP contribution in [0.5, 0.6) is 0 Å². The normalized spacial score (nSPS) is 14.0. The van der Waals surface area contributed by atoms with Crippen molar-refractivity contribution in [2.24, 2.45) is 0 Å². The van der Waals surface area contributed by atoms with Gasteiger partial charge in [-0.3, -0.25) is 9.69 Å². The fourth-order valence-corrected chi connectivity index (χ4v) is 3.40. The number of hydrogen-bond donors (Lipinski definition) is 0. The standard InChI is InChI=1S/C22H25N5O2/c1-4-9-25(15-19-7-5-17(2)6-8-19)16-21(28)26-10-12-27(13-11-26)22-20(14-23)24-18(3)29-22/h1,5-8H,9-13,15-16H2,2-3H3. The average molecular weight is 391 g/mol. The number of anilines is 1. The van der Waals surface area contributed by atoms with Gasteiger partial charge in [-0.05, 0) is 12.5 Å². The number of benzene rings is 1. The lowest BCUT2D eigenvalue weighted by Gasteiger charge is -2.35. The number of amides is 1. The summed E-state index contributed by atoms with van der Waals surface area (Å²) < 4.78 is 5.57. The number of terminal acetylenes is 1. The predicted molar refractivity (Wildman–Crippen MR) is 110 cm³/mol. The van der Waals surface area contributed by atoms with Crippen LogP contribution in [0, 0.1) is 37.5 Å². The van der Waals surface area contributed by atoms with Crippen LogP contribution >= 0.6 is 0 Å². The van der Waals surface area contributed by atoms with Crippen molar-refractivity contribution in [1.29, 1.82) is 5.26 Å². The first kappa shape index (κ1) is 20.4. The third-order valence-corrected chi connectivity index (χ3v) is 4.94. The fraction of sp³-hybridized carbons (Fsp3) is 0.409. The Morgan fingerprint density at radius 3 is 2.55 bits per heavy atom. The van der Waals surface area contributed by atoms with Gasteiger partial charge in [0.05, 0.1) is 13.1 Å². The second-order valence-corrected chi connectivity index (χ2v) is 7.20. The van der Waals surface area contributed by atoms with Crippen molar-refractivity contribution >= 4 is 11.8 Å². The number of nitriles is 1. The summed E-state index contributed by atoms with van der Waals surface area (Å²) in [5.74, 6) is 3.66. The van der Waals surface area contributed by atoms with Gasteiger partial charge in [0.1, 0.15) is 6.07 Å². The van der Waals surface area contributed by atoms with Gasteiger partial charge in [0.15, 0.2) is 5.89 Å². The molecular weight excluding hydrogens is 366 g/mol. The molecule has 1 aliphatic heterocycles. The predicted octanol–water partition coefficient (Wildman–Crippen LogP) is 1.95. The molecule has 1 aromatic carbocycles. The van der Waals surface area contributed by atoms with E-state index in [1.54, 1.807) is 6.92 Å². The molecule has 29 heavy (non-hydrogen) atoms. The number of carbonyl (C=O) groups is 1. The maximum absolute atomic E-state index is 12.8. The average Bonchev–Trinajstić information content (AvgIpc) is 3.11. The van der Waals surface area contributed by atoms with Crippen LogP contribution in [0.4, 0.5) is 5.88 Å². The Balaban J connectivity index is 1.56. The van der Waals surface area contributed by atoms with Crippen LogP contribution in [-0.2, 0) is 11.3 Å². The van der Waals surface area contributed by atoms with E-state index in [0.717, 1.165) is 5.56 Å². The summed E-state index contributed by atoms with van der Waals surface area (Å²) in [6.45, 7) is 7.44. The number of hydrogen-bond acceptors (Lipinski definition) is 6. The van der Waals surface area contributed by atoms with Crippen molar-refractivity contribution in [1.82, 2.24) is 14.8 Å². The molecule has 1 amide bonds. The molecule has 150 valence electrons. The summed E-state index contributed by atoms with van der Waals surface area (Å²) in [5.41, 5.74) is 2.63. The molecule has 0 unspecified atom stereocenters. The summed E-state index contributed by atoms with van der Waals surface area (Å²) in [5, 5.41) is 9.20. The minimum Gasteiger partial charge on any atom is -0.424 e. The van der Waals surface area contributed by atoms with E-state index in [0.29, 0.717) is 56.7 Å². The van der Waals surface area contributed by atoms with Gasteiger partial charge in [0.2, 0.25) is 17.5 Å². The highest BCUT2D eigenvalue weighted by molar-refractivity contribution is 5.78. The summed E-state index contributed by atoms with van der Waals surface area (Å²) in [4.78, 5) is 22.7. The van der Waals surface area contributed by atoms with Gasteiger partial charge in [-0.2, -0.15) is 5.26 Å². The van der Waals surface area contributed by atoms with E-state index in [9.17, 15) is 10.1 Å². The Kier molecular flexibility index (Phi) is 6.54. The lowest BCUT2D eigenvalue weighted by Crippen LogP contribution is -2.51. The number of aryl methyl sites for hydroxylation is 2. The van der Waals surface area contributed by atoms with Crippen molar-refractivity contribution in [2.75, 3.05) is 44.2 Å². The minimum absolute atomic E-state index is 0.0567. The number of nitrogens with zero attached hydrogens (tertiary/aromatic N) is 5. The summed E-state index contributed by atoms with van der Waals surface area (Å²) >= 11 is 0. The molecular formula is C22H25N5O2. The largest absolute Gasteiger partial charge is 0.424 e. The second-order valence-electron chi connectivity index (χ2n) is 7.20. The summed E-state index contributed by atoms with van der Waals surface area (Å²) in [6.07, 6.45) is 5.51. The van der Waals surface area contributed by atoms with E-state index in [2.05, 4.69) is 41.2 Å². The Hall–Kier alpha value is -3.29. The zero-order valence-corrected chi connectivity index (χ0v) is 16.9. The highest BCUT2D eigenvalue weighted by Crippen LogP contribution is 2.22. The highest BCUT2D eigenvalue weighted by Gasteiger charge is 2.26. The SMILES string of the molecule is C#CCN(CC(=O)N1CCN(c2oc(C)nc2C#N)CC1)Cc1ccc(C)cc1. The number of rotatable bonds is 6. The number of oxazole rings is 1. The first-order chi connectivity index (χ1) is 14.0. The lowest BCUT2D eigenvalue weighted by molar-refractivity contribution is -0.132. The van der Waals surface area contributed by atoms with Crippen molar-refractivity contribution < 1.29 is 9.21 Å². The quantitative estimate of drug-likeness (QED) is 0.701. The molecule has 7 heteroatoms. The molecule has 1 fully saturated rings. The van der Waals surface area contributed by atoms with Gasteiger partial charge in [-0.15, -0.1) is 6.42 Å². The molecule has 0 bridgehead atoms. The molecule has 1 aliphatic rings. The molecule has 0 atom stereocenters. The van der Waals surface area contributed by atoms with E-state index in [1.807, 2.05) is 21.6 Å². The molecule has 1 aromatic heterocycles. The summed E-state index contributed by atoms with van der Waals surface area (Å²) in [6, 6.07) is 10.3. The van der Waals surface area contributed by atoms with Gasteiger partial charge in [0, 0.05) is 39.6 Å². The molecule has 0 saturated carbocycles. The van der Waals surface area contributed by atoms with Gasteiger partial charge in [0.25, 0.3) is 0 Å². The lowest BCUT2D eigenvalue weighted by atomic mass is 10.1. The molecule has 7 nitrogen and oxygen atoms in total. The Bertz CT molecular complexity index is 928. The molecule has 1 saturated heterocycles. The Labute approximate surface area is 171 Å². The third-order valence-electron chi connectivity index (χ3n) is 4.94. The van der Waals surface area contributed by atoms with Crippen molar-refractivity contribution in [3.05, 3.63) is 47.0 Å². The zero-order chi connectivity index (χ0) is 20.8. The van der Waals surface area contributed by atoms with Gasteiger partial charge in [-0.25, -0.2) is 4.98 Å². The minimum atomic E-state index is 0.0567. The van der Waals surface area contributed by atoms with E-state index < -0.39 is 0 Å². The van der Waals surface area contributed by atoms with Crippen LogP contribution in [0.2, 0.25) is 0 Å². The Morgan fingerprint density at radius 1 is 1.24 bits per heavy atom. The maximum atomic E-state index is 12.8.